The van der Waals surface area contributed by atoms with Gasteiger partial charge in [-0.1, -0.05) is 41.4 Å². The average Bonchev–Trinajstić information content (AvgIpc) is 3.54. The second-order valence-electron chi connectivity index (χ2n) is 8.80. The third-order valence-corrected chi connectivity index (χ3v) is 7.77. The van der Waals surface area contributed by atoms with Crippen molar-refractivity contribution in [1.82, 2.24) is 0 Å². The van der Waals surface area contributed by atoms with Crippen LogP contribution in [0.2, 0.25) is 10.0 Å². The first-order chi connectivity index (χ1) is 14.9. The molecule has 7 heteroatoms. The van der Waals surface area contributed by atoms with Crippen LogP contribution in [0.4, 0.5) is 11.4 Å². The van der Waals surface area contributed by atoms with Gasteiger partial charge in [-0.3, -0.25) is 14.4 Å². The van der Waals surface area contributed by atoms with Crippen LogP contribution in [0.5, 0.6) is 0 Å². The second-order valence-corrected chi connectivity index (χ2v) is 9.64. The van der Waals surface area contributed by atoms with E-state index < -0.39 is 5.91 Å². The van der Waals surface area contributed by atoms with Gasteiger partial charge in [-0.25, -0.2) is 4.90 Å². The topological polar surface area (TPSA) is 66.5 Å². The summed E-state index contributed by atoms with van der Waals surface area (Å²) in [5.41, 5.74) is 1.15. The van der Waals surface area contributed by atoms with Crippen molar-refractivity contribution >= 4 is 52.3 Å². The summed E-state index contributed by atoms with van der Waals surface area (Å²) in [5.74, 6) is 0.203. The third kappa shape index (κ3) is 2.80. The van der Waals surface area contributed by atoms with Gasteiger partial charge in [-0.05, 0) is 66.5 Å². The number of hydrogen-bond donors (Lipinski definition) is 1. The van der Waals surface area contributed by atoms with E-state index in [-0.39, 0.29) is 35.5 Å². The molecule has 3 amide bonds. The number of anilines is 2. The molecule has 3 fully saturated rings. The van der Waals surface area contributed by atoms with Crippen molar-refractivity contribution in [3.05, 3.63) is 70.2 Å². The fourth-order valence-electron chi connectivity index (χ4n) is 5.79. The van der Waals surface area contributed by atoms with E-state index in [0.717, 1.165) is 6.42 Å². The van der Waals surface area contributed by atoms with Gasteiger partial charge in [0.25, 0.3) is 5.91 Å². The Hall–Kier alpha value is -2.63. The Morgan fingerprint density at radius 3 is 2.29 bits per heavy atom. The number of rotatable bonds is 3. The van der Waals surface area contributed by atoms with E-state index in [1.54, 1.807) is 42.5 Å². The fourth-order valence-corrected chi connectivity index (χ4v) is 6.12. The number of hydrogen-bond acceptors (Lipinski definition) is 3. The summed E-state index contributed by atoms with van der Waals surface area (Å²) in [6.07, 6.45) is 5.41. The van der Waals surface area contributed by atoms with Gasteiger partial charge in [0.2, 0.25) is 11.8 Å². The number of benzene rings is 2. The van der Waals surface area contributed by atoms with Gasteiger partial charge in [0, 0.05) is 10.6 Å². The van der Waals surface area contributed by atoms with Crippen LogP contribution in [0.25, 0.3) is 0 Å². The van der Waals surface area contributed by atoms with Gasteiger partial charge in [0.1, 0.15) is 0 Å². The van der Waals surface area contributed by atoms with Crippen molar-refractivity contribution in [2.24, 2.45) is 35.5 Å². The van der Waals surface area contributed by atoms with Crippen molar-refractivity contribution < 1.29 is 14.4 Å². The fraction of sp³-hybridized carbons (Fsp3) is 0.292. The molecular weight excluding hydrogens is 435 g/mol. The Morgan fingerprint density at radius 1 is 0.935 bits per heavy atom. The van der Waals surface area contributed by atoms with Crippen LogP contribution < -0.4 is 10.2 Å². The number of allylic oxidation sites excluding steroid dienone is 2. The van der Waals surface area contributed by atoms with E-state index in [2.05, 4.69) is 17.5 Å². The Labute approximate surface area is 189 Å². The largest absolute Gasteiger partial charge is 0.321 e. The molecule has 1 aliphatic heterocycles. The van der Waals surface area contributed by atoms with Crippen LogP contribution in [0.15, 0.2) is 54.6 Å². The smallest absolute Gasteiger partial charge is 0.255 e. The van der Waals surface area contributed by atoms with Gasteiger partial charge < -0.3 is 5.32 Å². The molecule has 0 radical (unpaired) electrons. The van der Waals surface area contributed by atoms with Crippen LogP contribution in [-0.4, -0.2) is 17.7 Å². The highest BCUT2D eigenvalue weighted by atomic mass is 35.5. The molecule has 5 aliphatic rings. The molecule has 0 spiro atoms. The van der Waals surface area contributed by atoms with Gasteiger partial charge in [0.15, 0.2) is 0 Å². The molecule has 1 heterocycles. The van der Waals surface area contributed by atoms with Crippen LogP contribution in [-0.2, 0) is 9.59 Å². The molecule has 2 saturated carbocycles. The minimum Gasteiger partial charge on any atom is -0.321 e. The van der Waals surface area contributed by atoms with Crippen LogP contribution in [0, 0.1) is 35.5 Å². The maximum Gasteiger partial charge on any atom is 0.255 e. The first kappa shape index (κ1) is 19.1. The minimum atomic E-state index is -0.398. The molecule has 2 bridgehead atoms. The van der Waals surface area contributed by atoms with Crippen molar-refractivity contribution in [3.8, 4) is 0 Å². The quantitative estimate of drug-likeness (QED) is 0.536. The van der Waals surface area contributed by atoms with E-state index in [9.17, 15) is 14.4 Å². The van der Waals surface area contributed by atoms with Crippen molar-refractivity contribution in [1.29, 1.82) is 0 Å². The number of carbonyl (C=O) groups is 3. The molecule has 5 nitrogen and oxygen atoms in total. The average molecular weight is 453 g/mol. The van der Waals surface area contributed by atoms with Crippen LogP contribution in [0.3, 0.4) is 0 Å². The summed E-state index contributed by atoms with van der Waals surface area (Å²) < 4.78 is 0. The Bertz CT molecular complexity index is 1160. The van der Waals surface area contributed by atoms with E-state index in [0.29, 0.717) is 38.8 Å². The highest BCUT2D eigenvalue weighted by Crippen LogP contribution is 2.65. The number of nitrogens with zero attached hydrogens (tertiary/aromatic N) is 1. The molecule has 2 aromatic carbocycles. The molecule has 4 aliphatic carbocycles. The molecule has 1 N–H and O–H groups in total. The summed E-state index contributed by atoms with van der Waals surface area (Å²) in [4.78, 5) is 40.7. The van der Waals surface area contributed by atoms with Gasteiger partial charge in [0.05, 0.1) is 28.2 Å². The summed E-state index contributed by atoms with van der Waals surface area (Å²) in [5, 5.41) is 3.55. The molecule has 6 atom stereocenters. The van der Waals surface area contributed by atoms with Crippen LogP contribution in [0.1, 0.15) is 16.8 Å². The van der Waals surface area contributed by atoms with Gasteiger partial charge in [-0.2, -0.15) is 0 Å². The van der Waals surface area contributed by atoms with Crippen molar-refractivity contribution in [2.75, 3.05) is 10.2 Å². The lowest BCUT2D eigenvalue weighted by atomic mass is 9.63. The number of amides is 3. The third-order valence-electron chi connectivity index (χ3n) is 7.21. The zero-order valence-electron chi connectivity index (χ0n) is 16.3. The summed E-state index contributed by atoms with van der Waals surface area (Å²) in [7, 11) is 0. The van der Waals surface area contributed by atoms with E-state index in [1.807, 2.05) is 0 Å². The highest BCUT2D eigenvalue weighted by Gasteiger charge is 2.67. The highest BCUT2D eigenvalue weighted by molar-refractivity contribution is 6.36. The molecule has 2 aromatic rings. The monoisotopic (exact) mass is 452 g/mol. The maximum atomic E-state index is 13.3. The standard InChI is InChI=1S/C24H18Cl2N2O3/c25-12-4-7-18(26)19(9-12)27-22(29)11-2-1-3-13(8-11)28-23(30)20-14-5-6-15(17-10-16(14)17)21(20)24(28)31/h1-9,14-17,20-21H,10H2,(H,27,29). The predicted octanol–water partition coefficient (Wildman–Crippen LogP) is 4.80. The number of nitrogens with one attached hydrogen (secondary N) is 1. The van der Waals surface area contributed by atoms with E-state index >= 15 is 0 Å². The Balaban J connectivity index is 1.29. The molecular formula is C24H18Cl2N2O3. The maximum absolute atomic E-state index is 13.3. The second kappa shape index (κ2) is 6.68. The molecule has 7 rings (SSSR count). The van der Waals surface area contributed by atoms with Crippen molar-refractivity contribution in [3.63, 3.8) is 0 Å². The summed E-state index contributed by atoms with van der Waals surface area (Å²) >= 11 is 12.1. The van der Waals surface area contributed by atoms with E-state index in [1.165, 1.54) is 4.90 Å². The zero-order valence-corrected chi connectivity index (χ0v) is 17.8. The zero-order chi connectivity index (χ0) is 21.4. The number of halogens is 2. The van der Waals surface area contributed by atoms with Gasteiger partial charge >= 0.3 is 0 Å². The normalized spacial score (nSPS) is 32.1. The number of carbonyl (C=O) groups excluding carboxylic acids is 3. The lowest BCUT2D eigenvalue weighted by molar-refractivity contribution is -0.124. The first-order valence-corrected chi connectivity index (χ1v) is 11.1. The van der Waals surface area contributed by atoms with Crippen molar-refractivity contribution in [2.45, 2.75) is 6.42 Å². The Morgan fingerprint density at radius 2 is 1.61 bits per heavy atom. The molecule has 0 aromatic heterocycles. The lowest BCUT2D eigenvalue weighted by Gasteiger charge is -2.37. The van der Waals surface area contributed by atoms with Gasteiger partial charge in [-0.15, -0.1) is 0 Å². The first-order valence-electron chi connectivity index (χ1n) is 10.4. The molecule has 31 heavy (non-hydrogen) atoms. The molecule has 1 saturated heterocycles. The summed E-state index contributed by atoms with van der Waals surface area (Å²) in [6, 6.07) is 11.4. The number of imide groups is 1. The molecule has 156 valence electrons. The predicted molar refractivity (Wildman–Crippen MR) is 118 cm³/mol. The molecule has 6 unspecified atom stereocenters. The van der Waals surface area contributed by atoms with Crippen LogP contribution >= 0.6 is 23.2 Å². The minimum absolute atomic E-state index is 0.143. The Kier molecular flexibility index (Phi) is 4.11. The van der Waals surface area contributed by atoms with E-state index in [4.69, 9.17) is 23.2 Å². The summed E-state index contributed by atoms with van der Waals surface area (Å²) in [6.45, 7) is 0. The SMILES string of the molecule is O=C(Nc1cc(Cl)ccc1Cl)c1cccc(N2C(=O)C3C4C=CC(C5CC45)C3C2=O)c1. The lowest BCUT2D eigenvalue weighted by Crippen LogP contribution is -2.40.